The quantitative estimate of drug-likeness (QED) is 0.0797. The van der Waals surface area contributed by atoms with Crippen LogP contribution in [0.1, 0.15) is 101 Å². The molecule has 0 spiro atoms. The van der Waals surface area contributed by atoms with Crippen molar-refractivity contribution in [1.29, 1.82) is 0 Å². The standard InChI is InChI=1S/C36H33N3O.C36H31N3O.4ClH.2K.2Pt/c2*1-24(2)31-16-9-17-32(25(3)4)35(31)39-21-20-38-36(39)28-12-8-14-30(23-28)40-29-13-7-11-27(22-29)34-33-15-6-5-10-26(33)18-19-37-34;;;;;;;;/h5-25H,1-4H3;5-21,24-25H,1-4H3;4*1H;;;;/q;-2;;;;;;;+2;+4/p-4. The predicted molar refractivity (Wildman–Crippen MR) is 361 cm³/mol. The van der Waals surface area contributed by atoms with E-state index < -0.39 is 11.9 Å². The van der Waals surface area contributed by atoms with E-state index in [0.717, 1.165) is 72.9 Å². The van der Waals surface area contributed by atoms with Gasteiger partial charge in [-0.05, 0) is 104 Å². The first kappa shape index (κ1) is 70.3. The third kappa shape index (κ3) is 18.0. The van der Waals surface area contributed by atoms with E-state index in [-0.39, 0.29) is 21.1 Å². The Morgan fingerprint density at radius 1 is 0.409 bits per heavy atom. The Hall–Kier alpha value is -3.59. The Labute approximate surface area is 596 Å². The molecule has 444 valence electrons. The summed E-state index contributed by atoms with van der Waals surface area (Å²) in [7, 11) is 20.0. The second-order valence-electron chi connectivity index (χ2n) is 21.6. The molecule has 0 aliphatic rings. The van der Waals surface area contributed by atoms with Crippen molar-refractivity contribution in [2.45, 2.75) is 79.1 Å². The average molecular weight is 1660 g/mol. The summed E-state index contributed by atoms with van der Waals surface area (Å²) in [6.45, 7) is 17.9. The topological polar surface area (TPSA) is 79.9 Å². The largest absolute Gasteiger partial charge is 2.00 e. The summed E-state index contributed by atoms with van der Waals surface area (Å²) < 4.78 is 17.1. The van der Waals surface area contributed by atoms with Gasteiger partial charge < -0.3 is 19.0 Å². The SMILES string of the molecule is CC(C)c1cccc(C(C)C)c1-n1ccnc1-c1[c-]c(Oc2[c-]c(-c3nccc4ccccc34)ccc2)ccc1.CC(C)c1cccc(C(C)C)c1-n1ccnc1-c1cccc(Oc2cccc(-c3nccc4ccccc34)c2)c1.[Cl][Pt]([Cl])([Cl])[Cl].[K][K].[Pt+2]. The van der Waals surface area contributed by atoms with Crippen LogP contribution >= 0.6 is 37.7 Å². The van der Waals surface area contributed by atoms with Crippen molar-refractivity contribution in [3.8, 4) is 79.7 Å². The van der Waals surface area contributed by atoms with Crippen LogP contribution in [-0.4, -0.2) is 92.2 Å². The van der Waals surface area contributed by atoms with E-state index in [1.165, 1.54) is 102 Å². The summed E-state index contributed by atoms with van der Waals surface area (Å²) in [4.78, 5) is 18.9. The maximum atomic E-state index is 6.40. The Bertz CT molecular complexity index is 3950. The van der Waals surface area contributed by atoms with Crippen LogP contribution in [0, 0.1) is 12.1 Å². The molecule has 0 saturated carbocycles. The molecule has 0 amide bonds. The summed E-state index contributed by atoms with van der Waals surface area (Å²) >= 11 is -0.556. The minimum atomic E-state index is -3.06. The number of hydrogen-bond acceptors (Lipinski definition) is 6. The van der Waals surface area contributed by atoms with Gasteiger partial charge in [-0.25, -0.2) is 4.98 Å². The van der Waals surface area contributed by atoms with E-state index in [0.29, 0.717) is 35.2 Å². The first-order valence-corrected chi connectivity index (χ1v) is 56.4. The Balaban J connectivity index is 0.000000204. The van der Waals surface area contributed by atoms with Crippen LogP contribution < -0.4 is 9.47 Å². The molecule has 8 aromatic carbocycles. The molecule has 0 fully saturated rings. The molecule has 0 N–H and O–H groups in total. The number of imidazole rings is 2. The van der Waals surface area contributed by atoms with Gasteiger partial charge >= 0.3 is 134 Å². The third-order valence-electron chi connectivity index (χ3n) is 14.5. The van der Waals surface area contributed by atoms with Crippen molar-refractivity contribution in [2.75, 3.05) is 0 Å². The van der Waals surface area contributed by atoms with E-state index >= 15 is 0 Å². The van der Waals surface area contributed by atoms with Gasteiger partial charge in [0.25, 0.3) is 0 Å². The van der Waals surface area contributed by atoms with Crippen molar-refractivity contribution in [2.24, 2.45) is 0 Å². The molecule has 12 rings (SSSR count). The molecule has 0 unspecified atom stereocenters. The minimum absolute atomic E-state index is 0. The van der Waals surface area contributed by atoms with Gasteiger partial charge in [0.05, 0.1) is 17.2 Å². The van der Waals surface area contributed by atoms with Gasteiger partial charge in [0, 0.05) is 70.9 Å². The van der Waals surface area contributed by atoms with Crippen LogP contribution in [0.4, 0.5) is 0 Å². The molecule has 0 aliphatic heterocycles. The molecular weight excluding hydrogens is 1590 g/mol. The van der Waals surface area contributed by atoms with Crippen molar-refractivity contribution >= 4 is 122 Å². The van der Waals surface area contributed by atoms with Crippen molar-refractivity contribution in [3.63, 3.8) is 0 Å². The van der Waals surface area contributed by atoms with E-state index in [1.807, 2.05) is 122 Å². The Kier molecular flexibility index (Phi) is 26.6. The fraction of sp³-hybridized carbons (Fsp3) is 0.167. The number of benzene rings is 8. The van der Waals surface area contributed by atoms with Crippen LogP contribution in [0.25, 0.3) is 78.2 Å². The van der Waals surface area contributed by atoms with Crippen LogP contribution in [0.2, 0.25) is 0 Å². The molecule has 8 nitrogen and oxygen atoms in total. The summed E-state index contributed by atoms with van der Waals surface area (Å²) in [5.74, 6) is 6.00. The summed E-state index contributed by atoms with van der Waals surface area (Å²) in [6, 6.07) is 68.8. The summed E-state index contributed by atoms with van der Waals surface area (Å²) in [5, 5.41) is 4.52. The second-order valence-corrected chi connectivity index (χ2v) is 41.3. The van der Waals surface area contributed by atoms with Gasteiger partial charge in [-0.15, -0.1) is 47.5 Å². The summed E-state index contributed by atoms with van der Waals surface area (Å²) in [6.07, 6.45) is 11.5. The van der Waals surface area contributed by atoms with E-state index in [1.54, 1.807) is 0 Å². The van der Waals surface area contributed by atoms with Gasteiger partial charge in [-0.3, -0.25) is 14.5 Å². The normalized spacial score (nSPS) is 11.4. The van der Waals surface area contributed by atoms with E-state index in [9.17, 15) is 0 Å². The zero-order valence-corrected chi connectivity index (χ0v) is 64.6. The van der Waals surface area contributed by atoms with Crippen LogP contribution in [0.3, 0.4) is 0 Å². The molecule has 4 heterocycles. The molecule has 12 aromatic rings. The van der Waals surface area contributed by atoms with Gasteiger partial charge in [-0.2, -0.15) is 0 Å². The molecule has 0 aliphatic carbocycles. The summed E-state index contributed by atoms with van der Waals surface area (Å²) in [5.41, 5.74) is 13.2. The Morgan fingerprint density at radius 3 is 1.32 bits per heavy atom. The molecule has 0 bridgehead atoms. The van der Waals surface area contributed by atoms with E-state index in [2.05, 4.69) is 184 Å². The fourth-order valence-corrected chi connectivity index (χ4v) is 10.6. The smallest absolute Gasteiger partial charge is 2.00 e. The van der Waals surface area contributed by atoms with Crippen molar-refractivity contribution in [3.05, 3.63) is 254 Å². The zero-order valence-electron chi connectivity index (χ0n) is 50.7. The molecule has 0 saturated heterocycles. The molecule has 4 aromatic heterocycles. The number of halogens is 4. The zero-order chi connectivity index (χ0) is 61.8. The monoisotopic (exact) mass is 1650 g/mol. The Morgan fingerprint density at radius 2 is 0.807 bits per heavy atom. The number of aromatic nitrogens is 6. The first-order chi connectivity index (χ1) is 42.0. The molecule has 88 heavy (non-hydrogen) atoms. The number of ether oxygens (including phenoxy) is 2. The third-order valence-corrected chi connectivity index (χ3v) is 14.5. The number of pyridine rings is 2. The number of fused-ring (bicyclic) bond motifs is 2. The van der Waals surface area contributed by atoms with Crippen LogP contribution in [-0.2, 0) is 33.0 Å². The van der Waals surface area contributed by atoms with Crippen LogP contribution in [0.15, 0.2) is 219 Å². The molecular formula is C72H64Cl4K2N6O2Pt2. The molecule has 0 radical (unpaired) electrons. The van der Waals surface area contributed by atoms with Gasteiger partial charge in [0.2, 0.25) is 0 Å². The molecule has 0 atom stereocenters. The van der Waals surface area contributed by atoms with Crippen LogP contribution in [0.5, 0.6) is 23.0 Å². The number of nitrogens with zero attached hydrogens (tertiary/aromatic N) is 6. The van der Waals surface area contributed by atoms with E-state index in [4.69, 9.17) is 57.1 Å². The predicted octanol–water partition coefficient (Wildman–Crippen LogP) is 21.2. The van der Waals surface area contributed by atoms with Gasteiger partial charge in [0.15, 0.2) is 0 Å². The minimum Gasteiger partial charge on any atom is 2.00 e. The second kappa shape index (κ2) is 33.3. The fourth-order valence-electron chi connectivity index (χ4n) is 10.6. The van der Waals surface area contributed by atoms with Gasteiger partial charge in [-0.1, -0.05) is 177 Å². The van der Waals surface area contributed by atoms with Crippen molar-refractivity contribution < 1.29 is 42.4 Å². The number of para-hydroxylation sites is 2. The maximum Gasteiger partial charge on any atom is 2.00 e. The van der Waals surface area contributed by atoms with Crippen molar-refractivity contribution in [1.82, 2.24) is 29.1 Å². The maximum absolute atomic E-state index is 6.40. The van der Waals surface area contributed by atoms with Gasteiger partial charge in [0.1, 0.15) is 17.3 Å². The number of hydrogen-bond donors (Lipinski definition) is 0. The average Bonchev–Trinajstić information content (AvgIpc) is 1.94. The number of rotatable bonds is 14. The first-order valence-electron chi connectivity index (χ1n) is 29.1. The molecule has 16 heteroatoms.